The number of rotatable bonds is 5. The smallest absolute Gasteiger partial charge is 0.278 e. The molecule has 23 heavy (non-hydrogen) atoms. The lowest BCUT2D eigenvalue weighted by Gasteiger charge is -2.03. The normalized spacial score (nSPS) is 10.4. The molecule has 0 unspecified atom stereocenters. The molecule has 0 saturated carbocycles. The van der Waals surface area contributed by atoms with E-state index in [9.17, 15) is 4.79 Å². The van der Waals surface area contributed by atoms with Crippen molar-refractivity contribution in [2.24, 2.45) is 0 Å². The molecular weight excluding hydrogens is 292 g/mol. The van der Waals surface area contributed by atoms with E-state index in [1.54, 1.807) is 17.1 Å². The minimum atomic E-state index is -0.404. The van der Waals surface area contributed by atoms with Gasteiger partial charge < -0.3 is 11.1 Å². The molecule has 0 aliphatic carbocycles. The zero-order valence-corrected chi connectivity index (χ0v) is 12.4. The fourth-order valence-corrected chi connectivity index (χ4v) is 2.15. The highest BCUT2D eigenvalue weighted by atomic mass is 16.1. The van der Waals surface area contributed by atoms with Crippen molar-refractivity contribution in [2.75, 3.05) is 11.1 Å². The van der Waals surface area contributed by atoms with Crippen LogP contribution in [0.3, 0.4) is 0 Å². The summed E-state index contributed by atoms with van der Waals surface area (Å²) in [6, 6.07) is 10.2. The highest BCUT2D eigenvalue weighted by Crippen LogP contribution is 2.10. The molecule has 2 heterocycles. The SMILES string of the molecule is Nc1nccnc1C(=O)Nc1cnn(CCc2ccccc2)c1. The highest BCUT2D eigenvalue weighted by molar-refractivity contribution is 6.05. The van der Waals surface area contributed by atoms with E-state index in [1.165, 1.54) is 18.0 Å². The average Bonchev–Trinajstić information content (AvgIpc) is 3.02. The van der Waals surface area contributed by atoms with Gasteiger partial charge in [-0.05, 0) is 12.0 Å². The van der Waals surface area contributed by atoms with Crippen LogP contribution in [-0.4, -0.2) is 25.7 Å². The second kappa shape index (κ2) is 6.69. The molecule has 0 radical (unpaired) electrons. The van der Waals surface area contributed by atoms with Gasteiger partial charge in [-0.3, -0.25) is 9.48 Å². The summed E-state index contributed by atoms with van der Waals surface area (Å²) in [5.74, 6) is -0.306. The van der Waals surface area contributed by atoms with Crippen molar-refractivity contribution < 1.29 is 4.79 Å². The monoisotopic (exact) mass is 308 g/mol. The van der Waals surface area contributed by atoms with Crippen molar-refractivity contribution >= 4 is 17.4 Å². The van der Waals surface area contributed by atoms with Crippen molar-refractivity contribution in [1.29, 1.82) is 0 Å². The van der Waals surface area contributed by atoms with Crippen molar-refractivity contribution in [2.45, 2.75) is 13.0 Å². The van der Waals surface area contributed by atoms with E-state index in [2.05, 4.69) is 32.5 Å². The third kappa shape index (κ3) is 3.70. The number of anilines is 2. The van der Waals surface area contributed by atoms with Crippen LogP contribution >= 0.6 is 0 Å². The molecule has 0 aliphatic heterocycles. The van der Waals surface area contributed by atoms with Crippen molar-refractivity contribution in [3.63, 3.8) is 0 Å². The Morgan fingerprint density at radius 3 is 2.74 bits per heavy atom. The summed E-state index contributed by atoms with van der Waals surface area (Å²) >= 11 is 0. The largest absolute Gasteiger partial charge is 0.382 e. The maximum absolute atomic E-state index is 12.1. The second-order valence-electron chi connectivity index (χ2n) is 4.97. The Balaban J connectivity index is 1.61. The van der Waals surface area contributed by atoms with Crippen LogP contribution in [0.15, 0.2) is 55.1 Å². The van der Waals surface area contributed by atoms with E-state index in [1.807, 2.05) is 18.2 Å². The minimum absolute atomic E-state index is 0.0986. The maximum atomic E-state index is 12.1. The Morgan fingerprint density at radius 2 is 1.96 bits per heavy atom. The van der Waals surface area contributed by atoms with E-state index < -0.39 is 5.91 Å². The molecule has 0 fully saturated rings. The number of carbonyl (C=O) groups is 1. The average molecular weight is 308 g/mol. The molecule has 1 aromatic carbocycles. The highest BCUT2D eigenvalue weighted by Gasteiger charge is 2.13. The molecule has 3 rings (SSSR count). The van der Waals surface area contributed by atoms with E-state index in [0.717, 1.165) is 13.0 Å². The van der Waals surface area contributed by atoms with Gasteiger partial charge in [-0.2, -0.15) is 5.10 Å². The molecule has 1 amide bonds. The molecule has 0 spiro atoms. The first-order chi connectivity index (χ1) is 11.2. The fourth-order valence-electron chi connectivity index (χ4n) is 2.15. The van der Waals surface area contributed by atoms with Gasteiger partial charge in [0, 0.05) is 25.1 Å². The van der Waals surface area contributed by atoms with Crippen LogP contribution in [-0.2, 0) is 13.0 Å². The number of carbonyl (C=O) groups excluding carboxylic acids is 1. The predicted octanol–water partition coefficient (Wildman–Crippen LogP) is 1.75. The molecule has 0 bridgehead atoms. The van der Waals surface area contributed by atoms with Gasteiger partial charge in [0.1, 0.15) is 0 Å². The summed E-state index contributed by atoms with van der Waals surface area (Å²) < 4.78 is 1.78. The first-order valence-electron chi connectivity index (χ1n) is 7.16. The Bertz CT molecular complexity index is 799. The van der Waals surface area contributed by atoms with Gasteiger partial charge in [0.05, 0.1) is 11.9 Å². The van der Waals surface area contributed by atoms with Crippen LogP contribution < -0.4 is 11.1 Å². The molecule has 7 nitrogen and oxygen atoms in total. The summed E-state index contributed by atoms with van der Waals surface area (Å²) in [4.78, 5) is 19.9. The van der Waals surface area contributed by atoms with Crippen LogP contribution in [0.1, 0.15) is 16.1 Å². The number of nitrogens with zero attached hydrogens (tertiary/aromatic N) is 4. The Kier molecular flexibility index (Phi) is 4.28. The summed E-state index contributed by atoms with van der Waals surface area (Å²) in [5, 5.41) is 6.95. The van der Waals surface area contributed by atoms with Crippen molar-refractivity contribution in [1.82, 2.24) is 19.7 Å². The number of benzene rings is 1. The van der Waals surface area contributed by atoms with E-state index in [4.69, 9.17) is 5.73 Å². The maximum Gasteiger partial charge on any atom is 0.278 e. The van der Waals surface area contributed by atoms with Crippen molar-refractivity contribution in [3.8, 4) is 0 Å². The number of hydrogen-bond donors (Lipinski definition) is 2. The Hall–Kier alpha value is -3.22. The molecule has 3 N–H and O–H groups in total. The zero-order valence-electron chi connectivity index (χ0n) is 12.4. The van der Waals surface area contributed by atoms with Crippen LogP contribution in [0.5, 0.6) is 0 Å². The molecular formula is C16H16N6O. The van der Waals surface area contributed by atoms with Crippen LogP contribution in [0, 0.1) is 0 Å². The van der Waals surface area contributed by atoms with Gasteiger partial charge >= 0.3 is 0 Å². The number of hydrogen-bond acceptors (Lipinski definition) is 5. The minimum Gasteiger partial charge on any atom is -0.382 e. The quantitative estimate of drug-likeness (QED) is 0.748. The van der Waals surface area contributed by atoms with Gasteiger partial charge in [-0.15, -0.1) is 0 Å². The molecule has 0 atom stereocenters. The van der Waals surface area contributed by atoms with Crippen molar-refractivity contribution in [3.05, 3.63) is 66.4 Å². The Morgan fingerprint density at radius 1 is 1.17 bits per heavy atom. The van der Waals surface area contributed by atoms with Crippen LogP contribution in [0.2, 0.25) is 0 Å². The lowest BCUT2D eigenvalue weighted by atomic mass is 10.1. The molecule has 3 aromatic rings. The number of nitrogens with two attached hydrogens (primary N) is 1. The lowest BCUT2D eigenvalue weighted by molar-refractivity contribution is 0.102. The standard InChI is InChI=1S/C16H16N6O/c17-15-14(18-7-8-19-15)16(23)21-13-10-20-22(11-13)9-6-12-4-2-1-3-5-12/h1-5,7-8,10-11H,6,9H2,(H2,17,19)(H,21,23). The summed E-state index contributed by atoms with van der Waals surface area (Å²) in [5.41, 5.74) is 7.57. The second-order valence-corrected chi connectivity index (χ2v) is 4.97. The summed E-state index contributed by atoms with van der Waals surface area (Å²) in [7, 11) is 0. The fraction of sp³-hybridized carbons (Fsp3) is 0.125. The Labute approximate surface area is 133 Å². The number of aryl methyl sites for hydroxylation is 2. The third-order valence-electron chi connectivity index (χ3n) is 3.31. The predicted molar refractivity (Wildman–Crippen MR) is 86.8 cm³/mol. The topological polar surface area (TPSA) is 98.7 Å². The number of aromatic nitrogens is 4. The first kappa shape index (κ1) is 14.7. The summed E-state index contributed by atoms with van der Waals surface area (Å²) in [6.45, 7) is 0.729. The van der Waals surface area contributed by atoms with Crippen LogP contribution in [0.4, 0.5) is 11.5 Å². The van der Waals surface area contributed by atoms with Crippen LogP contribution in [0.25, 0.3) is 0 Å². The van der Waals surface area contributed by atoms with E-state index in [-0.39, 0.29) is 11.5 Å². The lowest BCUT2D eigenvalue weighted by Crippen LogP contribution is -2.16. The van der Waals surface area contributed by atoms with E-state index in [0.29, 0.717) is 5.69 Å². The van der Waals surface area contributed by atoms with Gasteiger partial charge in [0.25, 0.3) is 5.91 Å². The number of nitrogens with one attached hydrogen (secondary N) is 1. The number of amides is 1. The molecule has 7 heteroatoms. The van der Waals surface area contributed by atoms with Gasteiger partial charge in [0.15, 0.2) is 11.5 Å². The molecule has 0 saturated heterocycles. The zero-order chi connectivity index (χ0) is 16.1. The number of nitrogen functional groups attached to an aromatic ring is 1. The van der Waals surface area contributed by atoms with Gasteiger partial charge in [0.2, 0.25) is 0 Å². The van der Waals surface area contributed by atoms with Gasteiger partial charge in [-0.1, -0.05) is 30.3 Å². The van der Waals surface area contributed by atoms with E-state index >= 15 is 0 Å². The third-order valence-corrected chi connectivity index (χ3v) is 3.31. The molecule has 0 aliphatic rings. The van der Waals surface area contributed by atoms with Gasteiger partial charge in [-0.25, -0.2) is 9.97 Å². The first-order valence-corrected chi connectivity index (χ1v) is 7.16. The molecule has 116 valence electrons. The molecule has 2 aromatic heterocycles. The summed E-state index contributed by atoms with van der Waals surface area (Å²) in [6.07, 6.45) is 7.10.